The molecule has 0 aliphatic heterocycles. The average Bonchev–Trinajstić information content (AvgIpc) is 3.04. The first-order valence-corrected chi connectivity index (χ1v) is 9.49. The van der Waals surface area contributed by atoms with E-state index in [1.165, 1.54) is 0 Å². The number of nitrogens with one attached hydrogen (secondary N) is 1. The summed E-state index contributed by atoms with van der Waals surface area (Å²) in [5.41, 5.74) is 4.66. The van der Waals surface area contributed by atoms with E-state index in [0.717, 1.165) is 22.1 Å². The molecule has 0 radical (unpaired) electrons. The van der Waals surface area contributed by atoms with Crippen molar-refractivity contribution in [3.05, 3.63) is 101 Å². The van der Waals surface area contributed by atoms with Crippen LogP contribution in [-0.2, 0) is 11.2 Å². The Kier molecular flexibility index (Phi) is 5.00. The zero-order chi connectivity index (χ0) is 20.4. The number of rotatable bonds is 5. The number of ketones is 1. The minimum Gasteiger partial charge on any atom is -0.452 e. The van der Waals surface area contributed by atoms with Crippen LogP contribution in [-0.4, -0.2) is 11.7 Å². The van der Waals surface area contributed by atoms with Gasteiger partial charge in [-0.15, -0.1) is 0 Å². The van der Waals surface area contributed by atoms with E-state index in [1.54, 1.807) is 18.2 Å². The molecule has 0 fully saturated rings. The Balaban J connectivity index is 1.57. The molecule has 0 spiro atoms. The molecule has 4 heteroatoms. The van der Waals surface area contributed by atoms with Gasteiger partial charge < -0.3 is 9.73 Å². The van der Waals surface area contributed by atoms with Crippen molar-refractivity contribution in [2.45, 2.75) is 20.3 Å². The summed E-state index contributed by atoms with van der Waals surface area (Å²) in [6.45, 7) is 3.86. The van der Waals surface area contributed by atoms with Crippen LogP contribution in [0.3, 0.4) is 0 Å². The summed E-state index contributed by atoms with van der Waals surface area (Å²) >= 11 is 0. The molecule has 0 saturated carbocycles. The maximum absolute atomic E-state index is 12.9. The van der Waals surface area contributed by atoms with Gasteiger partial charge in [0.25, 0.3) is 0 Å². The standard InChI is InChI=1S/C25H21NO3/c1-16-8-10-19(11-9-16)24(28)25-17(2)21-13-12-20(15-22(21)29-25)26-23(27)14-18-6-4-3-5-7-18/h3-13,15H,14H2,1-2H3,(H,26,27). The molecular weight excluding hydrogens is 362 g/mol. The number of fused-ring (bicyclic) bond motifs is 1. The molecule has 144 valence electrons. The zero-order valence-corrected chi connectivity index (χ0v) is 16.4. The van der Waals surface area contributed by atoms with E-state index >= 15 is 0 Å². The van der Waals surface area contributed by atoms with E-state index in [0.29, 0.717) is 29.0 Å². The highest BCUT2D eigenvalue weighted by Crippen LogP contribution is 2.29. The largest absolute Gasteiger partial charge is 0.452 e. The van der Waals surface area contributed by atoms with Crippen LogP contribution in [0.25, 0.3) is 11.0 Å². The van der Waals surface area contributed by atoms with Crippen LogP contribution in [0.1, 0.15) is 32.8 Å². The summed E-state index contributed by atoms with van der Waals surface area (Å²) in [7, 11) is 0. The Hall–Kier alpha value is -3.66. The fourth-order valence-corrected chi connectivity index (χ4v) is 3.34. The molecule has 1 N–H and O–H groups in total. The summed E-state index contributed by atoms with van der Waals surface area (Å²) < 4.78 is 5.88. The average molecular weight is 383 g/mol. The smallest absolute Gasteiger partial charge is 0.228 e. The lowest BCUT2D eigenvalue weighted by Crippen LogP contribution is -2.14. The van der Waals surface area contributed by atoms with Crippen molar-refractivity contribution >= 4 is 28.3 Å². The lowest BCUT2D eigenvalue weighted by molar-refractivity contribution is -0.115. The molecule has 1 heterocycles. The molecule has 3 aromatic carbocycles. The third-order valence-corrected chi connectivity index (χ3v) is 4.95. The Morgan fingerprint density at radius 2 is 1.62 bits per heavy atom. The fourth-order valence-electron chi connectivity index (χ4n) is 3.34. The van der Waals surface area contributed by atoms with Gasteiger partial charge in [-0.1, -0.05) is 60.2 Å². The van der Waals surface area contributed by atoms with E-state index in [-0.39, 0.29) is 11.7 Å². The number of carbonyl (C=O) groups excluding carboxylic acids is 2. The number of hydrogen-bond donors (Lipinski definition) is 1. The van der Waals surface area contributed by atoms with Crippen molar-refractivity contribution in [2.24, 2.45) is 0 Å². The second-order valence-electron chi connectivity index (χ2n) is 7.17. The van der Waals surface area contributed by atoms with Gasteiger partial charge in [-0.25, -0.2) is 0 Å². The van der Waals surface area contributed by atoms with Gasteiger partial charge in [0.2, 0.25) is 11.7 Å². The van der Waals surface area contributed by atoms with Gasteiger partial charge in [0.05, 0.1) is 6.42 Å². The Labute approximate surface area is 169 Å². The number of amides is 1. The van der Waals surface area contributed by atoms with Gasteiger partial charge in [-0.05, 0) is 31.5 Å². The predicted octanol–water partition coefficient (Wildman–Crippen LogP) is 5.46. The molecule has 4 rings (SSSR count). The van der Waals surface area contributed by atoms with Gasteiger partial charge >= 0.3 is 0 Å². The summed E-state index contributed by atoms with van der Waals surface area (Å²) in [5, 5.41) is 3.76. The zero-order valence-electron chi connectivity index (χ0n) is 16.4. The van der Waals surface area contributed by atoms with Crippen molar-refractivity contribution in [3.8, 4) is 0 Å². The molecule has 0 unspecified atom stereocenters. The molecule has 1 amide bonds. The van der Waals surface area contributed by atoms with Gasteiger partial charge in [0.1, 0.15) is 5.58 Å². The van der Waals surface area contributed by atoms with Crippen LogP contribution in [0.5, 0.6) is 0 Å². The highest BCUT2D eigenvalue weighted by molar-refractivity contribution is 6.10. The van der Waals surface area contributed by atoms with Crippen molar-refractivity contribution in [2.75, 3.05) is 5.32 Å². The van der Waals surface area contributed by atoms with Crippen molar-refractivity contribution in [3.63, 3.8) is 0 Å². The van der Waals surface area contributed by atoms with Gasteiger partial charge in [0, 0.05) is 28.3 Å². The molecule has 29 heavy (non-hydrogen) atoms. The number of hydrogen-bond acceptors (Lipinski definition) is 3. The number of anilines is 1. The van der Waals surface area contributed by atoms with Crippen LogP contribution in [0, 0.1) is 13.8 Å². The molecular formula is C25H21NO3. The van der Waals surface area contributed by atoms with Gasteiger partial charge in [-0.2, -0.15) is 0 Å². The molecule has 0 aliphatic carbocycles. The molecule has 4 aromatic rings. The topological polar surface area (TPSA) is 59.3 Å². The predicted molar refractivity (Wildman–Crippen MR) is 114 cm³/mol. The summed E-state index contributed by atoms with van der Waals surface area (Å²) in [6.07, 6.45) is 0.299. The van der Waals surface area contributed by atoms with Crippen LogP contribution < -0.4 is 5.32 Å². The van der Waals surface area contributed by atoms with Gasteiger partial charge in [0.15, 0.2) is 5.76 Å². The molecule has 4 nitrogen and oxygen atoms in total. The molecule has 0 saturated heterocycles. The third-order valence-electron chi connectivity index (χ3n) is 4.95. The highest BCUT2D eigenvalue weighted by atomic mass is 16.3. The number of furan rings is 1. The maximum Gasteiger partial charge on any atom is 0.228 e. The van der Waals surface area contributed by atoms with Crippen LogP contribution >= 0.6 is 0 Å². The summed E-state index contributed by atoms with van der Waals surface area (Å²) in [6, 6.07) is 22.5. The van der Waals surface area contributed by atoms with Crippen molar-refractivity contribution in [1.29, 1.82) is 0 Å². The maximum atomic E-state index is 12.9. The minimum absolute atomic E-state index is 0.102. The number of carbonyl (C=O) groups is 2. The molecule has 1 aromatic heterocycles. The first-order valence-electron chi connectivity index (χ1n) is 9.49. The summed E-state index contributed by atoms with van der Waals surface area (Å²) in [5.74, 6) is 0.0831. The second-order valence-corrected chi connectivity index (χ2v) is 7.17. The van der Waals surface area contributed by atoms with E-state index in [1.807, 2.05) is 68.4 Å². The van der Waals surface area contributed by atoms with Crippen LogP contribution in [0.4, 0.5) is 5.69 Å². The quantitative estimate of drug-likeness (QED) is 0.466. The SMILES string of the molecule is Cc1ccc(C(=O)c2oc3cc(NC(=O)Cc4ccccc4)ccc3c2C)cc1. The molecule has 0 aliphatic rings. The summed E-state index contributed by atoms with van der Waals surface area (Å²) in [4.78, 5) is 25.2. The molecule has 0 atom stereocenters. The first kappa shape index (κ1) is 18.7. The highest BCUT2D eigenvalue weighted by Gasteiger charge is 2.19. The Morgan fingerprint density at radius 3 is 2.34 bits per heavy atom. The van der Waals surface area contributed by atoms with E-state index in [2.05, 4.69) is 5.32 Å². The lowest BCUT2D eigenvalue weighted by Gasteiger charge is -2.05. The molecule has 0 bridgehead atoms. The first-order chi connectivity index (χ1) is 14.0. The number of aryl methyl sites for hydroxylation is 2. The monoisotopic (exact) mass is 383 g/mol. The Morgan fingerprint density at radius 1 is 0.897 bits per heavy atom. The number of benzene rings is 3. The normalized spacial score (nSPS) is 10.8. The minimum atomic E-state index is -0.145. The van der Waals surface area contributed by atoms with Crippen LogP contribution in [0.2, 0.25) is 0 Å². The van der Waals surface area contributed by atoms with Crippen molar-refractivity contribution in [1.82, 2.24) is 0 Å². The Bertz CT molecular complexity index is 1190. The lowest BCUT2D eigenvalue weighted by atomic mass is 10.0. The van der Waals surface area contributed by atoms with E-state index in [4.69, 9.17) is 4.42 Å². The van der Waals surface area contributed by atoms with E-state index in [9.17, 15) is 9.59 Å². The van der Waals surface area contributed by atoms with Crippen molar-refractivity contribution < 1.29 is 14.0 Å². The second kappa shape index (κ2) is 7.76. The third kappa shape index (κ3) is 3.97. The fraction of sp³-hybridized carbons (Fsp3) is 0.120. The van der Waals surface area contributed by atoms with Crippen LogP contribution in [0.15, 0.2) is 77.2 Å². The van der Waals surface area contributed by atoms with E-state index < -0.39 is 0 Å². The van der Waals surface area contributed by atoms with Gasteiger partial charge in [-0.3, -0.25) is 9.59 Å².